The summed E-state index contributed by atoms with van der Waals surface area (Å²) >= 11 is 6.19. The van der Waals surface area contributed by atoms with Crippen molar-refractivity contribution < 1.29 is 4.79 Å². The molecule has 2 aromatic carbocycles. The Morgan fingerprint density at radius 3 is 2.18 bits per heavy atom. The Kier molecular flexibility index (Phi) is 3.45. The first kappa shape index (κ1) is 14.3. The average Bonchev–Trinajstić information content (AvgIpc) is 3.24. The number of halogens is 1. The Hall–Kier alpha value is -2.62. The molecule has 0 unspecified atom stereocenters. The van der Waals surface area contributed by atoms with Gasteiger partial charge in [0.05, 0.1) is 18.1 Å². The van der Waals surface area contributed by atoms with Crippen LogP contribution in [0.4, 0.5) is 0 Å². The van der Waals surface area contributed by atoms with E-state index in [1.807, 2.05) is 18.2 Å². The van der Waals surface area contributed by atoms with E-state index in [4.69, 9.17) is 11.6 Å². The van der Waals surface area contributed by atoms with Crippen molar-refractivity contribution in [1.82, 2.24) is 0 Å². The van der Waals surface area contributed by atoms with Crippen LogP contribution in [0, 0.1) is 34.0 Å². The van der Waals surface area contributed by atoms with Crippen LogP contribution in [-0.2, 0) is 0 Å². The molecule has 4 heteroatoms. The van der Waals surface area contributed by atoms with Gasteiger partial charge in [-0.3, -0.25) is 4.79 Å². The highest BCUT2D eigenvalue weighted by Crippen LogP contribution is 2.66. The van der Waals surface area contributed by atoms with Crippen LogP contribution in [0.3, 0.4) is 0 Å². The second-order valence-electron chi connectivity index (χ2n) is 5.30. The minimum absolute atomic E-state index is 0.186. The second-order valence-corrected chi connectivity index (χ2v) is 5.71. The van der Waals surface area contributed by atoms with Gasteiger partial charge in [0, 0.05) is 16.5 Å². The molecule has 0 radical (unpaired) electrons. The van der Waals surface area contributed by atoms with E-state index in [0.29, 0.717) is 16.1 Å². The number of hydrogen-bond donors (Lipinski definition) is 0. The topological polar surface area (TPSA) is 64.7 Å². The zero-order chi connectivity index (χ0) is 15.7. The quantitative estimate of drug-likeness (QED) is 0.806. The van der Waals surface area contributed by atoms with Crippen LogP contribution in [-0.4, -0.2) is 5.78 Å². The van der Waals surface area contributed by atoms with Gasteiger partial charge in [-0.25, -0.2) is 0 Å². The maximum Gasteiger partial charge on any atom is 0.169 e. The molecule has 2 aromatic rings. The third-order valence-corrected chi connectivity index (χ3v) is 4.50. The molecular formula is C18H11ClN2O. The third-order valence-electron chi connectivity index (χ3n) is 4.16. The molecular weight excluding hydrogens is 296 g/mol. The molecule has 0 bridgehead atoms. The number of carbonyl (C=O) groups is 1. The van der Waals surface area contributed by atoms with Gasteiger partial charge in [-0.15, -0.1) is 0 Å². The van der Waals surface area contributed by atoms with Gasteiger partial charge in [-0.2, -0.15) is 10.5 Å². The van der Waals surface area contributed by atoms with Crippen molar-refractivity contribution in [3.8, 4) is 12.1 Å². The SMILES string of the molecule is N#CC1(C#N)[C@H](C(=O)c2ccccc2)[C@@H]1c1ccccc1Cl. The second kappa shape index (κ2) is 5.30. The molecule has 1 saturated carbocycles. The van der Waals surface area contributed by atoms with Gasteiger partial charge < -0.3 is 0 Å². The van der Waals surface area contributed by atoms with Crippen molar-refractivity contribution in [1.29, 1.82) is 10.5 Å². The van der Waals surface area contributed by atoms with Gasteiger partial charge in [-0.05, 0) is 11.6 Å². The molecule has 22 heavy (non-hydrogen) atoms. The van der Waals surface area contributed by atoms with E-state index in [1.54, 1.807) is 48.5 Å². The lowest BCUT2D eigenvalue weighted by Gasteiger charge is -2.02. The zero-order valence-electron chi connectivity index (χ0n) is 11.5. The normalized spacial score (nSPS) is 21.4. The summed E-state index contributed by atoms with van der Waals surface area (Å²) in [6.45, 7) is 0. The molecule has 0 spiro atoms. The van der Waals surface area contributed by atoms with Crippen molar-refractivity contribution >= 4 is 17.4 Å². The summed E-state index contributed by atoms with van der Waals surface area (Å²) in [5, 5.41) is 19.4. The number of carbonyl (C=O) groups excluding carboxylic acids is 1. The van der Waals surface area contributed by atoms with E-state index in [1.165, 1.54) is 0 Å². The summed E-state index contributed by atoms with van der Waals surface area (Å²) in [5.74, 6) is -1.35. The smallest absolute Gasteiger partial charge is 0.169 e. The van der Waals surface area contributed by atoms with Crippen LogP contribution in [0.25, 0.3) is 0 Å². The standard InChI is InChI=1S/C18H11ClN2O/c19-14-9-5-4-8-13(14)15-16(18(15,10-20)11-21)17(22)12-6-2-1-3-7-12/h1-9,15-16H/t15-,16-/m0/s1. The molecule has 2 atom stereocenters. The molecule has 1 aliphatic carbocycles. The molecule has 1 aliphatic rings. The minimum Gasteiger partial charge on any atom is -0.294 e. The van der Waals surface area contributed by atoms with Gasteiger partial charge in [0.15, 0.2) is 11.2 Å². The predicted molar refractivity (Wildman–Crippen MR) is 82.1 cm³/mol. The summed E-state index contributed by atoms with van der Waals surface area (Å²) in [6.07, 6.45) is 0. The number of ketones is 1. The molecule has 1 fully saturated rings. The third kappa shape index (κ3) is 1.99. The highest BCUT2D eigenvalue weighted by atomic mass is 35.5. The summed E-state index contributed by atoms with van der Waals surface area (Å²) in [6, 6.07) is 19.9. The Labute approximate surface area is 133 Å². The lowest BCUT2D eigenvalue weighted by Crippen LogP contribution is -2.08. The van der Waals surface area contributed by atoms with Gasteiger partial charge in [0.25, 0.3) is 0 Å². The lowest BCUT2D eigenvalue weighted by atomic mass is 10.0. The molecule has 0 amide bonds. The van der Waals surface area contributed by atoms with Crippen molar-refractivity contribution in [2.75, 3.05) is 0 Å². The Bertz CT molecular complexity index is 803. The Balaban J connectivity index is 2.05. The van der Waals surface area contributed by atoms with E-state index in [-0.39, 0.29) is 5.78 Å². The first-order chi connectivity index (χ1) is 10.7. The fraction of sp³-hybridized carbons (Fsp3) is 0.167. The van der Waals surface area contributed by atoms with Gasteiger partial charge in [-0.1, -0.05) is 60.1 Å². The highest BCUT2D eigenvalue weighted by molar-refractivity contribution is 6.31. The van der Waals surface area contributed by atoms with Gasteiger partial charge in [0.2, 0.25) is 0 Å². The highest BCUT2D eigenvalue weighted by Gasteiger charge is 2.71. The lowest BCUT2D eigenvalue weighted by molar-refractivity contribution is 0.0958. The van der Waals surface area contributed by atoms with Gasteiger partial charge >= 0.3 is 0 Å². The number of hydrogen-bond acceptors (Lipinski definition) is 3. The monoisotopic (exact) mass is 306 g/mol. The molecule has 0 heterocycles. The van der Waals surface area contributed by atoms with E-state index in [9.17, 15) is 15.3 Å². The molecule has 0 aliphatic heterocycles. The predicted octanol–water partition coefficient (Wildman–Crippen LogP) is 3.97. The van der Waals surface area contributed by atoms with Crippen LogP contribution < -0.4 is 0 Å². The van der Waals surface area contributed by atoms with Crippen molar-refractivity contribution in [2.45, 2.75) is 5.92 Å². The van der Waals surface area contributed by atoms with Crippen LogP contribution in [0.15, 0.2) is 54.6 Å². The summed E-state index contributed by atoms with van der Waals surface area (Å²) < 4.78 is 0. The number of Topliss-reactive ketones (excluding diaryl/α,β-unsaturated/α-hetero) is 1. The first-order valence-electron chi connectivity index (χ1n) is 6.82. The first-order valence-corrected chi connectivity index (χ1v) is 7.19. The molecule has 0 saturated heterocycles. The Morgan fingerprint density at radius 1 is 1.00 bits per heavy atom. The molecule has 0 N–H and O–H groups in total. The minimum atomic E-state index is -1.34. The fourth-order valence-corrected chi connectivity index (χ4v) is 3.24. The van der Waals surface area contributed by atoms with Crippen LogP contribution in [0.1, 0.15) is 21.8 Å². The summed E-state index contributed by atoms with van der Waals surface area (Å²) in [5.41, 5.74) is -0.142. The van der Waals surface area contributed by atoms with Crippen LogP contribution >= 0.6 is 11.6 Å². The van der Waals surface area contributed by atoms with Crippen LogP contribution in [0.5, 0.6) is 0 Å². The zero-order valence-corrected chi connectivity index (χ0v) is 12.3. The molecule has 106 valence electrons. The van der Waals surface area contributed by atoms with Crippen LogP contribution in [0.2, 0.25) is 5.02 Å². The Morgan fingerprint density at radius 2 is 1.59 bits per heavy atom. The molecule has 3 nitrogen and oxygen atoms in total. The number of benzene rings is 2. The van der Waals surface area contributed by atoms with E-state index in [2.05, 4.69) is 0 Å². The number of rotatable bonds is 3. The molecule has 0 aromatic heterocycles. The van der Waals surface area contributed by atoms with E-state index in [0.717, 1.165) is 0 Å². The summed E-state index contributed by atoms with van der Waals surface area (Å²) in [4.78, 5) is 12.7. The van der Waals surface area contributed by atoms with Gasteiger partial charge in [0.1, 0.15) is 0 Å². The average molecular weight is 307 g/mol. The number of nitriles is 2. The maximum atomic E-state index is 12.7. The largest absolute Gasteiger partial charge is 0.294 e. The fourth-order valence-electron chi connectivity index (χ4n) is 2.98. The summed E-state index contributed by atoms with van der Waals surface area (Å²) in [7, 11) is 0. The van der Waals surface area contributed by atoms with Crippen molar-refractivity contribution in [3.05, 3.63) is 70.7 Å². The maximum absolute atomic E-state index is 12.7. The van der Waals surface area contributed by atoms with E-state index >= 15 is 0 Å². The number of nitrogens with zero attached hydrogens (tertiary/aromatic N) is 2. The van der Waals surface area contributed by atoms with Crippen molar-refractivity contribution in [2.24, 2.45) is 11.3 Å². The molecule has 3 rings (SSSR count). The van der Waals surface area contributed by atoms with E-state index < -0.39 is 17.3 Å². The van der Waals surface area contributed by atoms with Crippen molar-refractivity contribution in [3.63, 3.8) is 0 Å².